The van der Waals surface area contributed by atoms with Crippen molar-refractivity contribution in [3.63, 3.8) is 0 Å². The van der Waals surface area contributed by atoms with Crippen LogP contribution in [0.25, 0.3) is 0 Å². The summed E-state index contributed by atoms with van der Waals surface area (Å²) < 4.78 is 27.1. The van der Waals surface area contributed by atoms with Gasteiger partial charge in [0.15, 0.2) is 5.78 Å². The van der Waals surface area contributed by atoms with Gasteiger partial charge < -0.3 is 4.90 Å². The summed E-state index contributed by atoms with van der Waals surface area (Å²) in [6.45, 7) is 1.66. The Morgan fingerprint density at radius 2 is 1.57 bits per heavy atom. The molecule has 0 saturated heterocycles. The number of benzene rings is 2. The molecule has 0 aliphatic rings. The fourth-order valence-corrected chi connectivity index (χ4v) is 3.06. The van der Waals surface area contributed by atoms with Crippen LogP contribution >= 0.6 is 0 Å². The van der Waals surface area contributed by atoms with E-state index in [2.05, 4.69) is 4.72 Å². The highest BCUT2D eigenvalue weighted by Crippen LogP contribution is 2.14. The van der Waals surface area contributed by atoms with Crippen molar-refractivity contribution in [1.29, 1.82) is 0 Å². The second kappa shape index (κ2) is 6.93. The highest BCUT2D eigenvalue weighted by atomic mass is 32.2. The summed E-state index contributed by atoms with van der Waals surface area (Å²) in [7, 11) is 0.295. The van der Waals surface area contributed by atoms with Crippen LogP contribution in [-0.4, -0.2) is 28.3 Å². The predicted molar refractivity (Wildman–Crippen MR) is 91.2 cm³/mol. The van der Waals surface area contributed by atoms with Gasteiger partial charge in [-0.15, -0.1) is 0 Å². The summed E-state index contributed by atoms with van der Waals surface area (Å²) in [5.41, 5.74) is 2.42. The molecule has 122 valence electrons. The first-order valence-corrected chi connectivity index (χ1v) is 8.65. The average molecular weight is 332 g/mol. The lowest BCUT2D eigenvalue weighted by Crippen LogP contribution is -2.23. The second-order valence-corrected chi connectivity index (χ2v) is 7.23. The van der Waals surface area contributed by atoms with Crippen molar-refractivity contribution in [2.75, 3.05) is 19.0 Å². The van der Waals surface area contributed by atoms with E-state index in [-0.39, 0.29) is 17.2 Å². The first kappa shape index (κ1) is 17.2. The van der Waals surface area contributed by atoms with Crippen molar-refractivity contribution < 1.29 is 13.2 Å². The molecule has 5 nitrogen and oxygen atoms in total. The van der Waals surface area contributed by atoms with Gasteiger partial charge >= 0.3 is 0 Å². The van der Waals surface area contributed by atoms with Gasteiger partial charge in [-0.05, 0) is 36.8 Å². The van der Waals surface area contributed by atoms with Crippen LogP contribution in [0, 0.1) is 0 Å². The number of sulfonamides is 1. The Morgan fingerprint density at radius 3 is 2.04 bits per heavy atom. The molecule has 2 aromatic carbocycles. The molecule has 0 heterocycles. The summed E-state index contributed by atoms with van der Waals surface area (Å²) in [4.78, 5) is 13.3. The van der Waals surface area contributed by atoms with Gasteiger partial charge in [0.05, 0.1) is 4.90 Å². The van der Waals surface area contributed by atoms with Crippen LogP contribution in [0.5, 0.6) is 0 Å². The first-order valence-electron chi connectivity index (χ1n) is 7.16. The lowest BCUT2D eigenvalue weighted by Gasteiger charge is -2.13. The number of hydrogen-bond acceptors (Lipinski definition) is 4. The van der Waals surface area contributed by atoms with E-state index in [1.54, 1.807) is 0 Å². The van der Waals surface area contributed by atoms with Gasteiger partial charge in [0, 0.05) is 31.9 Å². The minimum Gasteiger partial charge on any atom is -0.378 e. The number of carbonyl (C=O) groups is 1. The third-order valence-corrected chi connectivity index (χ3v) is 4.91. The van der Waals surface area contributed by atoms with Crippen LogP contribution in [0.3, 0.4) is 0 Å². The van der Waals surface area contributed by atoms with E-state index in [1.165, 1.54) is 31.2 Å². The van der Waals surface area contributed by atoms with Gasteiger partial charge in [-0.1, -0.05) is 24.3 Å². The minimum absolute atomic E-state index is 0.0945. The van der Waals surface area contributed by atoms with E-state index >= 15 is 0 Å². The van der Waals surface area contributed by atoms with E-state index < -0.39 is 10.0 Å². The number of carbonyl (C=O) groups excluding carboxylic acids is 1. The van der Waals surface area contributed by atoms with E-state index in [1.807, 2.05) is 43.3 Å². The fraction of sp³-hybridized carbons (Fsp3) is 0.235. The van der Waals surface area contributed by atoms with Crippen LogP contribution in [0.4, 0.5) is 5.69 Å². The fourth-order valence-electron chi connectivity index (χ4n) is 2.04. The number of ketones is 1. The number of nitrogens with one attached hydrogen (secondary N) is 1. The topological polar surface area (TPSA) is 66.5 Å². The van der Waals surface area contributed by atoms with Crippen molar-refractivity contribution in [3.05, 3.63) is 59.7 Å². The Kier molecular flexibility index (Phi) is 5.18. The van der Waals surface area contributed by atoms with Crippen LogP contribution in [0.15, 0.2) is 53.4 Å². The zero-order valence-corrected chi connectivity index (χ0v) is 14.2. The van der Waals surface area contributed by atoms with Gasteiger partial charge in [0.1, 0.15) is 0 Å². The van der Waals surface area contributed by atoms with Crippen molar-refractivity contribution in [3.8, 4) is 0 Å². The molecule has 0 atom stereocenters. The molecule has 23 heavy (non-hydrogen) atoms. The molecule has 0 amide bonds. The van der Waals surface area contributed by atoms with Gasteiger partial charge in [-0.3, -0.25) is 4.79 Å². The van der Waals surface area contributed by atoms with Crippen LogP contribution < -0.4 is 9.62 Å². The summed E-state index contributed by atoms with van der Waals surface area (Å²) >= 11 is 0. The van der Waals surface area contributed by atoms with Crippen LogP contribution in [0.2, 0.25) is 0 Å². The van der Waals surface area contributed by atoms with Crippen molar-refractivity contribution in [2.24, 2.45) is 0 Å². The molecular weight excluding hydrogens is 312 g/mol. The molecule has 2 aromatic rings. The van der Waals surface area contributed by atoms with Crippen molar-refractivity contribution in [1.82, 2.24) is 4.72 Å². The third kappa shape index (κ3) is 4.40. The molecule has 0 radical (unpaired) electrons. The number of Topliss-reactive ketones (excluding diaryl/α,β-unsaturated/α-hetero) is 1. The molecule has 6 heteroatoms. The number of hydrogen-bond donors (Lipinski definition) is 1. The Balaban J connectivity index is 2.07. The quantitative estimate of drug-likeness (QED) is 0.825. The Bertz CT molecular complexity index is 780. The lowest BCUT2D eigenvalue weighted by atomic mass is 10.2. The van der Waals surface area contributed by atoms with E-state index in [9.17, 15) is 13.2 Å². The predicted octanol–water partition coefficient (Wildman–Crippen LogP) is 2.43. The van der Waals surface area contributed by atoms with Crippen molar-refractivity contribution >= 4 is 21.5 Å². The molecule has 0 spiro atoms. The van der Waals surface area contributed by atoms with E-state index in [0.29, 0.717) is 5.56 Å². The maximum absolute atomic E-state index is 12.3. The number of rotatable bonds is 6. The largest absolute Gasteiger partial charge is 0.378 e. The first-order chi connectivity index (χ1) is 10.8. The Labute approximate surface area is 137 Å². The molecule has 2 rings (SSSR count). The molecule has 0 aromatic heterocycles. The van der Waals surface area contributed by atoms with Crippen LogP contribution in [-0.2, 0) is 16.6 Å². The summed E-state index contributed by atoms with van der Waals surface area (Å²) in [5, 5.41) is 0. The summed E-state index contributed by atoms with van der Waals surface area (Å²) in [6, 6.07) is 13.6. The monoisotopic (exact) mass is 332 g/mol. The molecule has 0 unspecified atom stereocenters. The van der Waals surface area contributed by atoms with Crippen LogP contribution in [0.1, 0.15) is 22.8 Å². The molecule has 0 aliphatic heterocycles. The molecule has 0 bridgehead atoms. The molecule has 0 fully saturated rings. The lowest BCUT2D eigenvalue weighted by molar-refractivity contribution is 0.101. The van der Waals surface area contributed by atoms with Crippen molar-refractivity contribution in [2.45, 2.75) is 18.4 Å². The Morgan fingerprint density at radius 1 is 1.00 bits per heavy atom. The summed E-state index contributed by atoms with van der Waals surface area (Å²) in [5.74, 6) is -0.0945. The zero-order chi connectivity index (χ0) is 17.0. The van der Waals surface area contributed by atoms with E-state index in [4.69, 9.17) is 0 Å². The normalized spacial score (nSPS) is 11.3. The highest BCUT2D eigenvalue weighted by molar-refractivity contribution is 7.89. The maximum Gasteiger partial charge on any atom is 0.240 e. The van der Waals surface area contributed by atoms with Gasteiger partial charge in [-0.2, -0.15) is 0 Å². The average Bonchev–Trinajstić information content (AvgIpc) is 2.53. The molecule has 0 saturated carbocycles. The smallest absolute Gasteiger partial charge is 0.240 e. The summed E-state index contributed by atoms with van der Waals surface area (Å²) in [6.07, 6.45) is 0. The molecule has 1 N–H and O–H groups in total. The Hall–Kier alpha value is -2.18. The minimum atomic E-state index is -3.60. The van der Waals surface area contributed by atoms with Gasteiger partial charge in [0.2, 0.25) is 10.0 Å². The zero-order valence-electron chi connectivity index (χ0n) is 13.4. The third-order valence-electron chi connectivity index (χ3n) is 3.49. The number of anilines is 1. The second-order valence-electron chi connectivity index (χ2n) is 5.47. The maximum atomic E-state index is 12.3. The highest BCUT2D eigenvalue weighted by Gasteiger charge is 2.14. The molecular formula is C17H20N2O3S. The van der Waals surface area contributed by atoms with Gasteiger partial charge in [-0.25, -0.2) is 13.1 Å². The van der Waals surface area contributed by atoms with Gasteiger partial charge in [0.25, 0.3) is 0 Å². The standard InChI is InChI=1S/C17H20N2O3S/c1-13(20)15-6-10-17(11-7-15)23(21,22)18-12-14-4-8-16(9-5-14)19(2)3/h4-11,18H,12H2,1-3H3. The van der Waals surface area contributed by atoms with E-state index in [0.717, 1.165) is 11.3 Å². The number of nitrogens with zero attached hydrogens (tertiary/aromatic N) is 1. The SMILES string of the molecule is CC(=O)c1ccc(S(=O)(=O)NCc2ccc(N(C)C)cc2)cc1. The molecule has 0 aliphatic carbocycles.